The number of ether oxygens (including phenoxy) is 1. The molecule has 2 atom stereocenters. The molecule has 1 aliphatic rings. The quantitative estimate of drug-likeness (QED) is 0.770. The summed E-state index contributed by atoms with van der Waals surface area (Å²) in [7, 11) is 0. The number of rotatable bonds is 3. The number of carbonyl (C=O) groups is 1. The maximum atomic E-state index is 12.2. The van der Waals surface area contributed by atoms with Gasteiger partial charge in [-0.2, -0.15) is 0 Å². The maximum Gasteiger partial charge on any atom is 0.322 e. The van der Waals surface area contributed by atoms with E-state index in [-0.39, 0.29) is 18.7 Å². The van der Waals surface area contributed by atoms with E-state index in [4.69, 9.17) is 4.74 Å². The summed E-state index contributed by atoms with van der Waals surface area (Å²) >= 11 is 0. The van der Waals surface area contributed by atoms with Crippen molar-refractivity contribution in [3.63, 3.8) is 0 Å². The average Bonchev–Trinajstić information content (AvgIpc) is 2.47. The molecule has 6 heteroatoms. The second kappa shape index (κ2) is 6.69. The lowest BCUT2D eigenvalue weighted by Gasteiger charge is -2.34. The Labute approximate surface area is 118 Å². The predicted octanol–water partition coefficient (Wildman–Crippen LogP) is 0.965. The fraction of sp³-hybridized carbons (Fsp3) is 0.500. The van der Waals surface area contributed by atoms with Crippen LogP contribution in [-0.2, 0) is 4.74 Å². The number of hydrogen-bond donors (Lipinski definition) is 3. The van der Waals surface area contributed by atoms with Crippen LogP contribution in [0.5, 0.6) is 0 Å². The van der Waals surface area contributed by atoms with E-state index in [1.165, 1.54) is 0 Å². The Balaban J connectivity index is 1.99. The molecule has 2 amide bonds. The number of nitrogens with one attached hydrogen (secondary N) is 1. The number of aliphatic hydroxyl groups is 2. The molecule has 0 aromatic heterocycles. The topological polar surface area (TPSA) is 82.0 Å². The number of aliphatic hydroxyl groups excluding tert-OH is 2. The molecule has 6 nitrogen and oxygen atoms in total. The summed E-state index contributed by atoms with van der Waals surface area (Å²) in [5, 5.41) is 21.5. The zero-order valence-corrected chi connectivity index (χ0v) is 11.5. The maximum absolute atomic E-state index is 12.2. The minimum Gasteiger partial charge on any atom is -0.394 e. The fourth-order valence-corrected chi connectivity index (χ4v) is 2.11. The van der Waals surface area contributed by atoms with E-state index in [2.05, 4.69) is 5.32 Å². The smallest absolute Gasteiger partial charge is 0.322 e. The minimum absolute atomic E-state index is 0.117. The van der Waals surface area contributed by atoms with Gasteiger partial charge in [-0.1, -0.05) is 12.1 Å². The van der Waals surface area contributed by atoms with Crippen LogP contribution < -0.4 is 5.32 Å². The molecule has 0 bridgehead atoms. The normalized spacial score (nSPS) is 20.6. The zero-order chi connectivity index (χ0) is 14.5. The highest BCUT2D eigenvalue weighted by atomic mass is 16.5. The van der Waals surface area contributed by atoms with Crippen molar-refractivity contribution in [3.05, 3.63) is 29.8 Å². The number of morpholine rings is 1. The number of urea groups is 1. The van der Waals surface area contributed by atoms with Crippen LogP contribution in [0.25, 0.3) is 0 Å². The zero-order valence-electron chi connectivity index (χ0n) is 11.5. The van der Waals surface area contributed by atoms with Crippen LogP contribution in [0.4, 0.5) is 10.5 Å². The van der Waals surface area contributed by atoms with Crippen LogP contribution in [0.1, 0.15) is 18.6 Å². The van der Waals surface area contributed by atoms with Crippen LogP contribution in [0.3, 0.4) is 0 Å². The van der Waals surface area contributed by atoms with Crippen LogP contribution in [0.2, 0.25) is 0 Å². The Morgan fingerprint density at radius 1 is 1.50 bits per heavy atom. The van der Waals surface area contributed by atoms with Gasteiger partial charge in [0.1, 0.15) is 0 Å². The predicted molar refractivity (Wildman–Crippen MR) is 74.5 cm³/mol. The van der Waals surface area contributed by atoms with Crippen molar-refractivity contribution in [2.45, 2.75) is 19.1 Å². The van der Waals surface area contributed by atoms with E-state index in [0.717, 1.165) is 5.56 Å². The third-order valence-electron chi connectivity index (χ3n) is 3.34. The summed E-state index contributed by atoms with van der Waals surface area (Å²) in [6.45, 7) is 2.86. The van der Waals surface area contributed by atoms with Crippen LogP contribution in [0, 0.1) is 0 Å². The summed E-state index contributed by atoms with van der Waals surface area (Å²) < 4.78 is 5.24. The standard InChI is InChI=1S/C14H20N2O4/c1-10(18)11-2-4-12(5-3-11)15-14(19)16-6-7-20-9-13(16)8-17/h2-5,10,13,17-18H,6-9H2,1H3,(H,15,19). The summed E-state index contributed by atoms with van der Waals surface area (Å²) in [6.07, 6.45) is -0.530. The van der Waals surface area contributed by atoms with Crippen molar-refractivity contribution in [1.82, 2.24) is 4.90 Å². The lowest BCUT2D eigenvalue weighted by molar-refractivity contribution is -0.00485. The monoisotopic (exact) mass is 280 g/mol. The van der Waals surface area contributed by atoms with Crippen LogP contribution in [0.15, 0.2) is 24.3 Å². The Bertz CT molecular complexity index is 447. The Hall–Kier alpha value is -1.63. The average molecular weight is 280 g/mol. The van der Waals surface area contributed by atoms with Gasteiger partial charge in [0.15, 0.2) is 0 Å². The summed E-state index contributed by atoms with van der Waals surface area (Å²) in [5.41, 5.74) is 1.45. The van der Waals surface area contributed by atoms with Crippen LogP contribution >= 0.6 is 0 Å². The van der Waals surface area contributed by atoms with Crippen molar-refractivity contribution in [3.8, 4) is 0 Å². The molecular weight excluding hydrogens is 260 g/mol. The van der Waals surface area contributed by atoms with E-state index >= 15 is 0 Å². The molecule has 0 saturated carbocycles. The van der Waals surface area contributed by atoms with Crippen molar-refractivity contribution in [1.29, 1.82) is 0 Å². The van der Waals surface area contributed by atoms with Gasteiger partial charge in [-0.3, -0.25) is 0 Å². The van der Waals surface area contributed by atoms with E-state index < -0.39 is 6.10 Å². The Morgan fingerprint density at radius 2 is 2.20 bits per heavy atom. The van der Waals surface area contributed by atoms with Crippen molar-refractivity contribution in [2.24, 2.45) is 0 Å². The molecule has 1 aromatic carbocycles. The van der Waals surface area contributed by atoms with Crippen molar-refractivity contribution >= 4 is 11.7 Å². The number of benzene rings is 1. The van der Waals surface area contributed by atoms with E-state index in [1.807, 2.05) is 0 Å². The van der Waals surface area contributed by atoms with Crippen molar-refractivity contribution in [2.75, 3.05) is 31.7 Å². The molecule has 1 aromatic rings. The van der Waals surface area contributed by atoms with Gasteiger partial charge < -0.3 is 25.2 Å². The second-order valence-corrected chi connectivity index (χ2v) is 4.83. The summed E-state index contributed by atoms with van der Waals surface area (Å²) in [5.74, 6) is 0. The number of nitrogens with zero attached hydrogens (tertiary/aromatic N) is 1. The molecule has 1 saturated heterocycles. The first-order valence-corrected chi connectivity index (χ1v) is 6.66. The molecule has 2 rings (SSSR count). The van der Waals surface area contributed by atoms with Gasteiger partial charge in [0.05, 0.1) is 32.0 Å². The first-order chi connectivity index (χ1) is 9.61. The molecule has 1 fully saturated rings. The summed E-state index contributed by atoms with van der Waals surface area (Å²) in [4.78, 5) is 13.7. The van der Waals surface area contributed by atoms with Gasteiger partial charge >= 0.3 is 6.03 Å². The van der Waals surface area contributed by atoms with Gasteiger partial charge in [0.2, 0.25) is 0 Å². The molecule has 110 valence electrons. The fourth-order valence-electron chi connectivity index (χ4n) is 2.11. The molecule has 0 spiro atoms. The molecule has 0 aliphatic carbocycles. The Kier molecular flexibility index (Phi) is 4.94. The highest BCUT2D eigenvalue weighted by Crippen LogP contribution is 2.17. The Morgan fingerprint density at radius 3 is 2.80 bits per heavy atom. The van der Waals surface area contributed by atoms with E-state index in [9.17, 15) is 15.0 Å². The first kappa shape index (κ1) is 14.8. The van der Waals surface area contributed by atoms with Gasteiger partial charge in [0, 0.05) is 12.2 Å². The molecule has 20 heavy (non-hydrogen) atoms. The third-order valence-corrected chi connectivity index (χ3v) is 3.34. The second-order valence-electron chi connectivity index (χ2n) is 4.83. The van der Waals surface area contributed by atoms with Gasteiger partial charge in [-0.05, 0) is 24.6 Å². The van der Waals surface area contributed by atoms with Gasteiger partial charge in [0.25, 0.3) is 0 Å². The van der Waals surface area contributed by atoms with E-state index in [1.54, 1.807) is 36.1 Å². The highest BCUT2D eigenvalue weighted by molar-refractivity contribution is 5.89. The number of anilines is 1. The van der Waals surface area contributed by atoms with Crippen molar-refractivity contribution < 1.29 is 19.7 Å². The summed E-state index contributed by atoms with van der Waals surface area (Å²) in [6, 6.07) is 6.47. The van der Waals surface area contributed by atoms with Crippen LogP contribution in [-0.4, -0.2) is 53.6 Å². The first-order valence-electron chi connectivity index (χ1n) is 6.66. The highest BCUT2D eigenvalue weighted by Gasteiger charge is 2.26. The molecule has 2 unspecified atom stereocenters. The SMILES string of the molecule is CC(O)c1ccc(NC(=O)N2CCOCC2CO)cc1. The van der Waals surface area contributed by atoms with E-state index in [0.29, 0.717) is 25.4 Å². The van der Waals surface area contributed by atoms with Gasteiger partial charge in [-0.25, -0.2) is 4.79 Å². The number of amides is 2. The lowest BCUT2D eigenvalue weighted by atomic mass is 10.1. The number of carbonyl (C=O) groups excluding carboxylic acids is 1. The lowest BCUT2D eigenvalue weighted by Crippen LogP contribution is -2.52. The molecule has 1 heterocycles. The minimum atomic E-state index is -0.530. The van der Waals surface area contributed by atoms with Gasteiger partial charge in [-0.15, -0.1) is 0 Å². The molecule has 0 radical (unpaired) electrons. The molecule has 1 aliphatic heterocycles. The molecule has 3 N–H and O–H groups in total. The third kappa shape index (κ3) is 3.47. The molecular formula is C14H20N2O4. The largest absolute Gasteiger partial charge is 0.394 e. The number of hydrogen-bond acceptors (Lipinski definition) is 4.